The maximum absolute atomic E-state index is 11.7. The molecule has 1 heterocycles. The van der Waals surface area contributed by atoms with Crippen LogP contribution in [0.5, 0.6) is 5.75 Å². The van der Waals surface area contributed by atoms with Crippen LogP contribution in [0, 0.1) is 25.2 Å². The summed E-state index contributed by atoms with van der Waals surface area (Å²) in [6.07, 6.45) is -0.891. The molecule has 0 aliphatic heterocycles. The number of nitrogens with zero attached hydrogens (tertiary/aromatic N) is 1. The normalized spacial score (nSPS) is 11.3. The van der Waals surface area contributed by atoms with E-state index in [2.05, 4.69) is 5.32 Å². The van der Waals surface area contributed by atoms with Gasteiger partial charge in [0.2, 0.25) is 0 Å². The second-order valence-corrected chi connectivity index (χ2v) is 5.37. The molecule has 2 aromatic rings. The summed E-state index contributed by atoms with van der Waals surface area (Å²) in [6, 6.07) is 7.10. The highest BCUT2D eigenvalue weighted by molar-refractivity contribution is 5.79. The zero-order valence-electron chi connectivity index (χ0n) is 14.5. The fourth-order valence-electron chi connectivity index (χ4n) is 2.37. The van der Waals surface area contributed by atoms with Gasteiger partial charge in [-0.3, -0.25) is 0 Å². The molecule has 1 aromatic heterocycles. The fraction of sp³-hybridized carbons (Fsp3) is 0.278. The van der Waals surface area contributed by atoms with Gasteiger partial charge in [0.15, 0.2) is 11.8 Å². The van der Waals surface area contributed by atoms with Gasteiger partial charge in [0.05, 0.1) is 18.2 Å². The summed E-state index contributed by atoms with van der Waals surface area (Å²) in [4.78, 5) is 23.3. The molecule has 2 N–H and O–H groups in total. The van der Waals surface area contributed by atoms with Gasteiger partial charge in [-0.25, -0.2) is 9.59 Å². The van der Waals surface area contributed by atoms with Crippen LogP contribution in [0.2, 0.25) is 0 Å². The van der Waals surface area contributed by atoms with Crippen molar-refractivity contribution >= 4 is 17.8 Å². The Morgan fingerprint density at radius 3 is 2.50 bits per heavy atom. The molecular weight excluding hydrogens is 340 g/mol. The third-order valence-corrected chi connectivity index (χ3v) is 3.57. The van der Waals surface area contributed by atoms with Crippen LogP contribution in [0.1, 0.15) is 35.6 Å². The molecule has 26 heavy (non-hydrogen) atoms. The standard InChI is InChI=1S/C18H18N2O6/c1-4-24-18(23)26-15-10(2)16(25-11(15)3)14(17(21)22)20-13-7-5-12(9-19)6-8-13/h5-8,14,20H,4H2,1-3H3,(H,21,22). The predicted molar refractivity (Wildman–Crippen MR) is 91.0 cm³/mol. The number of hydrogen-bond donors (Lipinski definition) is 2. The SMILES string of the molecule is CCOC(=O)Oc1c(C)oc(C(Nc2ccc(C#N)cc2)C(=O)O)c1C. The van der Waals surface area contributed by atoms with Crippen LogP contribution < -0.4 is 10.1 Å². The van der Waals surface area contributed by atoms with E-state index in [1.54, 1.807) is 45.0 Å². The van der Waals surface area contributed by atoms with E-state index in [9.17, 15) is 14.7 Å². The summed E-state index contributed by atoms with van der Waals surface area (Å²) in [5, 5.41) is 21.2. The highest BCUT2D eigenvalue weighted by Crippen LogP contribution is 2.35. The van der Waals surface area contributed by atoms with Crippen molar-refractivity contribution in [3.05, 3.63) is 46.9 Å². The van der Waals surface area contributed by atoms with Crippen LogP contribution in [-0.2, 0) is 9.53 Å². The minimum absolute atomic E-state index is 0.110. The quantitative estimate of drug-likeness (QED) is 0.752. The first-order chi connectivity index (χ1) is 12.4. The Hall–Kier alpha value is -3.47. The van der Waals surface area contributed by atoms with Crippen molar-refractivity contribution in [3.8, 4) is 11.8 Å². The number of carboxylic acids is 1. The first-order valence-corrected chi connectivity index (χ1v) is 7.81. The van der Waals surface area contributed by atoms with Crippen molar-refractivity contribution < 1.29 is 28.6 Å². The Kier molecular flexibility index (Phi) is 5.86. The lowest BCUT2D eigenvalue weighted by atomic mass is 10.1. The molecule has 0 bridgehead atoms. The zero-order valence-corrected chi connectivity index (χ0v) is 14.5. The van der Waals surface area contributed by atoms with Gasteiger partial charge in [0.25, 0.3) is 0 Å². The van der Waals surface area contributed by atoms with E-state index in [0.717, 1.165) is 0 Å². The number of anilines is 1. The highest BCUT2D eigenvalue weighted by atomic mass is 16.7. The Morgan fingerprint density at radius 2 is 1.96 bits per heavy atom. The number of nitrogens with one attached hydrogen (secondary N) is 1. The van der Waals surface area contributed by atoms with E-state index >= 15 is 0 Å². The predicted octanol–water partition coefficient (Wildman–Crippen LogP) is 3.54. The Balaban J connectivity index is 2.31. The number of hydrogen-bond acceptors (Lipinski definition) is 7. The van der Waals surface area contributed by atoms with E-state index in [4.69, 9.17) is 19.2 Å². The molecular formula is C18H18N2O6. The smallest absolute Gasteiger partial charge is 0.479 e. The third kappa shape index (κ3) is 4.13. The Labute approximate surface area is 149 Å². The highest BCUT2D eigenvalue weighted by Gasteiger charge is 2.30. The molecule has 8 heteroatoms. The minimum Gasteiger partial charge on any atom is -0.479 e. The van der Waals surface area contributed by atoms with Crippen molar-refractivity contribution in [2.75, 3.05) is 11.9 Å². The van der Waals surface area contributed by atoms with Gasteiger partial charge < -0.3 is 24.3 Å². The molecule has 136 valence electrons. The van der Waals surface area contributed by atoms with E-state index in [0.29, 0.717) is 16.8 Å². The van der Waals surface area contributed by atoms with Crippen molar-refractivity contribution in [1.29, 1.82) is 5.26 Å². The lowest BCUT2D eigenvalue weighted by Gasteiger charge is -2.14. The number of carbonyl (C=O) groups excluding carboxylic acids is 1. The maximum Gasteiger partial charge on any atom is 0.513 e. The second kappa shape index (κ2) is 8.07. The Morgan fingerprint density at radius 1 is 1.31 bits per heavy atom. The van der Waals surface area contributed by atoms with Crippen molar-refractivity contribution in [2.45, 2.75) is 26.8 Å². The Bertz CT molecular complexity index is 848. The van der Waals surface area contributed by atoms with Crippen LogP contribution in [0.4, 0.5) is 10.5 Å². The molecule has 0 aliphatic rings. The van der Waals surface area contributed by atoms with Gasteiger partial charge in [0.1, 0.15) is 11.5 Å². The fourth-order valence-corrected chi connectivity index (χ4v) is 2.37. The lowest BCUT2D eigenvalue weighted by molar-refractivity contribution is -0.138. The maximum atomic E-state index is 11.7. The molecule has 0 radical (unpaired) electrons. The first-order valence-electron chi connectivity index (χ1n) is 7.81. The number of carbonyl (C=O) groups is 2. The van der Waals surface area contributed by atoms with Gasteiger partial charge in [-0.2, -0.15) is 5.26 Å². The van der Waals surface area contributed by atoms with E-state index in [1.165, 1.54) is 0 Å². The summed E-state index contributed by atoms with van der Waals surface area (Å²) < 4.78 is 15.4. The zero-order chi connectivity index (χ0) is 19.3. The number of aryl methyl sites for hydroxylation is 1. The van der Waals surface area contributed by atoms with E-state index in [-0.39, 0.29) is 23.9 Å². The number of aliphatic carboxylic acids is 1. The molecule has 8 nitrogen and oxygen atoms in total. The van der Waals surface area contributed by atoms with Crippen molar-refractivity contribution in [1.82, 2.24) is 0 Å². The van der Waals surface area contributed by atoms with Gasteiger partial charge >= 0.3 is 12.1 Å². The van der Waals surface area contributed by atoms with Gasteiger partial charge in [0, 0.05) is 11.3 Å². The van der Waals surface area contributed by atoms with Crippen molar-refractivity contribution in [3.63, 3.8) is 0 Å². The number of nitriles is 1. The van der Waals surface area contributed by atoms with Gasteiger partial charge in [-0.05, 0) is 45.0 Å². The van der Waals surface area contributed by atoms with E-state index in [1.807, 2.05) is 6.07 Å². The van der Waals surface area contributed by atoms with Crippen LogP contribution in [-0.4, -0.2) is 23.8 Å². The number of ether oxygens (including phenoxy) is 2. The van der Waals surface area contributed by atoms with Crippen LogP contribution in [0.15, 0.2) is 28.7 Å². The summed E-state index contributed by atoms with van der Waals surface area (Å²) in [5.74, 6) is -0.669. The molecule has 0 spiro atoms. The third-order valence-electron chi connectivity index (χ3n) is 3.57. The molecule has 1 atom stereocenters. The van der Waals surface area contributed by atoms with Gasteiger partial charge in [-0.1, -0.05) is 0 Å². The molecule has 2 rings (SSSR count). The average Bonchev–Trinajstić information content (AvgIpc) is 2.88. The number of benzene rings is 1. The average molecular weight is 358 g/mol. The topological polar surface area (TPSA) is 122 Å². The monoisotopic (exact) mass is 358 g/mol. The number of furan rings is 1. The summed E-state index contributed by atoms with van der Waals surface area (Å²) in [6.45, 7) is 4.95. The van der Waals surface area contributed by atoms with Crippen molar-refractivity contribution in [2.24, 2.45) is 0 Å². The van der Waals surface area contributed by atoms with E-state index < -0.39 is 18.2 Å². The first kappa shape index (κ1) is 18.9. The van der Waals surface area contributed by atoms with Gasteiger partial charge in [-0.15, -0.1) is 0 Å². The summed E-state index contributed by atoms with van der Waals surface area (Å²) >= 11 is 0. The minimum atomic E-state index is -1.21. The van der Waals surface area contributed by atoms with Crippen LogP contribution in [0.3, 0.4) is 0 Å². The molecule has 0 saturated carbocycles. The van der Waals surface area contributed by atoms with Crippen LogP contribution in [0.25, 0.3) is 0 Å². The van der Waals surface area contributed by atoms with Crippen LogP contribution >= 0.6 is 0 Å². The lowest BCUT2D eigenvalue weighted by Crippen LogP contribution is -2.21. The summed E-state index contributed by atoms with van der Waals surface area (Å²) in [7, 11) is 0. The second-order valence-electron chi connectivity index (χ2n) is 5.37. The molecule has 1 aromatic carbocycles. The largest absolute Gasteiger partial charge is 0.513 e. The number of carboxylic acid groups (broad SMARTS) is 1. The molecule has 1 unspecified atom stereocenters. The molecule has 0 saturated heterocycles. The molecule has 0 amide bonds. The molecule has 0 aliphatic carbocycles. The summed E-state index contributed by atoms with van der Waals surface area (Å²) in [5.41, 5.74) is 1.33. The molecule has 0 fully saturated rings. The number of rotatable bonds is 6.